The average Bonchev–Trinajstić information content (AvgIpc) is 2.21. The lowest BCUT2D eigenvalue weighted by molar-refractivity contribution is -0.145. The van der Waals surface area contributed by atoms with Crippen LogP contribution in [0.1, 0.15) is 26.7 Å². The van der Waals surface area contributed by atoms with Crippen molar-refractivity contribution < 1.29 is 19.1 Å². The summed E-state index contributed by atoms with van der Waals surface area (Å²) in [5.74, 6) is -0.544. The van der Waals surface area contributed by atoms with Crippen molar-refractivity contribution in [2.45, 2.75) is 36.3 Å². The van der Waals surface area contributed by atoms with Crippen molar-refractivity contribution in [1.29, 1.82) is 0 Å². The van der Waals surface area contributed by atoms with Crippen LogP contribution in [0.2, 0.25) is 0 Å². The van der Waals surface area contributed by atoms with Crippen LogP contribution in [0.5, 0.6) is 0 Å². The van der Waals surface area contributed by atoms with Crippen LogP contribution in [-0.4, -0.2) is 34.8 Å². The van der Waals surface area contributed by atoms with E-state index in [0.29, 0.717) is 26.1 Å². The van der Waals surface area contributed by atoms with E-state index in [4.69, 9.17) is 9.47 Å². The zero-order valence-corrected chi connectivity index (χ0v) is 12.5. The predicted molar refractivity (Wildman–Crippen MR) is 67.9 cm³/mol. The molecule has 0 aromatic carbocycles. The van der Waals surface area contributed by atoms with Crippen molar-refractivity contribution >= 4 is 43.8 Å². The van der Waals surface area contributed by atoms with Gasteiger partial charge in [-0.25, -0.2) is 0 Å². The second-order valence-electron chi connectivity index (χ2n) is 3.27. The van der Waals surface area contributed by atoms with Crippen LogP contribution in [0.15, 0.2) is 0 Å². The third kappa shape index (κ3) is 8.10. The lowest BCUT2D eigenvalue weighted by Crippen LogP contribution is -2.16. The minimum absolute atomic E-state index is 0.272. The second kappa shape index (κ2) is 8.98. The molecule has 0 aromatic heterocycles. The van der Waals surface area contributed by atoms with Crippen molar-refractivity contribution in [3.63, 3.8) is 0 Å². The van der Waals surface area contributed by atoms with Gasteiger partial charge in [0.25, 0.3) is 0 Å². The maximum Gasteiger partial charge on any atom is 0.319 e. The molecule has 94 valence electrons. The molecule has 0 aromatic rings. The summed E-state index contributed by atoms with van der Waals surface area (Å²) in [6.45, 7) is 4.13. The van der Waals surface area contributed by atoms with E-state index in [9.17, 15) is 9.59 Å². The predicted octanol–water partition coefficient (Wildman–Crippen LogP) is 2.42. The fourth-order valence-electron chi connectivity index (χ4n) is 0.779. The second-order valence-corrected chi connectivity index (χ2v) is 6.02. The highest BCUT2D eigenvalue weighted by Gasteiger charge is 2.10. The molecule has 16 heavy (non-hydrogen) atoms. The summed E-state index contributed by atoms with van der Waals surface area (Å²) in [6.07, 6.45) is 1.38. The van der Waals surface area contributed by atoms with Crippen LogP contribution in [0, 0.1) is 0 Å². The highest BCUT2D eigenvalue weighted by atomic mass is 79.9. The number of alkyl halides is 2. The Morgan fingerprint density at radius 3 is 1.50 bits per heavy atom. The number of carbonyl (C=O) groups excluding carboxylic acids is 2. The molecule has 0 fully saturated rings. The molecule has 0 saturated carbocycles. The summed E-state index contributed by atoms with van der Waals surface area (Å²) in [6, 6.07) is 0. The Kier molecular flexibility index (Phi) is 8.93. The van der Waals surface area contributed by atoms with Crippen molar-refractivity contribution in [2.75, 3.05) is 13.2 Å². The van der Waals surface area contributed by atoms with Gasteiger partial charge >= 0.3 is 11.9 Å². The van der Waals surface area contributed by atoms with Gasteiger partial charge in [0, 0.05) is 0 Å². The van der Waals surface area contributed by atoms with Gasteiger partial charge in [-0.2, -0.15) is 0 Å². The first-order valence-electron chi connectivity index (χ1n) is 5.06. The molecule has 0 aliphatic rings. The van der Waals surface area contributed by atoms with E-state index in [0.717, 1.165) is 0 Å². The van der Waals surface area contributed by atoms with E-state index in [1.165, 1.54) is 0 Å². The van der Waals surface area contributed by atoms with E-state index >= 15 is 0 Å². The molecule has 0 spiro atoms. The lowest BCUT2D eigenvalue weighted by atomic mass is 10.3. The molecule has 4 nitrogen and oxygen atoms in total. The van der Waals surface area contributed by atoms with Crippen LogP contribution in [-0.2, 0) is 19.1 Å². The number of hydrogen-bond donors (Lipinski definition) is 0. The van der Waals surface area contributed by atoms with Gasteiger partial charge in [-0.15, -0.1) is 0 Å². The van der Waals surface area contributed by atoms with Gasteiger partial charge in [-0.1, -0.05) is 31.9 Å². The maximum atomic E-state index is 11.0. The van der Waals surface area contributed by atoms with Gasteiger partial charge in [0.15, 0.2) is 0 Å². The molecule has 0 saturated heterocycles. The first-order valence-corrected chi connectivity index (χ1v) is 6.89. The molecule has 0 amide bonds. The molecule has 6 heteroatoms. The van der Waals surface area contributed by atoms with E-state index in [-0.39, 0.29) is 21.6 Å². The fraction of sp³-hybridized carbons (Fsp3) is 0.800. The van der Waals surface area contributed by atoms with Gasteiger partial charge in [0.05, 0.1) is 13.2 Å². The van der Waals surface area contributed by atoms with E-state index in [1.54, 1.807) is 13.8 Å². The molecule has 0 aliphatic carbocycles. The first-order chi connectivity index (χ1) is 7.45. The Morgan fingerprint density at radius 2 is 1.25 bits per heavy atom. The summed E-state index contributed by atoms with van der Waals surface area (Å²) in [5.41, 5.74) is 0. The number of carbonyl (C=O) groups is 2. The molecular weight excluding hydrogens is 344 g/mol. The molecule has 0 N–H and O–H groups in total. The Labute approximate surface area is 112 Å². The van der Waals surface area contributed by atoms with Gasteiger partial charge < -0.3 is 9.47 Å². The molecular formula is C10H16Br2O4. The number of ether oxygens (including phenoxy) is 2. The topological polar surface area (TPSA) is 52.6 Å². The number of hydrogen-bond acceptors (Lipinski definition) is 4. The average molecular weight is 360 g/mol. The molecule has 0 bridgehead atoms. The quantitative estimate of drug-likeness (QED) is 0.398. The van der Waals surface area contributed by atoms with Crippen LogP contribution >= 0.6 is 31.9 Å². The largest absolute Gasteiger partial charge is 0.465 e. The fourth-order valence-corrected chi connectivity index (χ4v) is 1.04. The number of unbranched alkanes of at least 4 members (excludes halogenated alkanes) is 1. The summed E-state index contributed by atoms with van der Waals surface area (Å²) in [5, 5.41) is 0. The Balaban J connectivity index is 3.35. The van der Waals surface area contributed by atoms with E-state index < -0.39 is 0 Å². The van der Waals surface area contributed by atoms with Crippen LogP contribution in [0.25, 0.3) is 0 Å². The van der Waals surface area contributed by atoms with Crippen LogP contribution < -0.4 is 0 Å². The molecule has 0 rings (SSSR count). The highest BCUT2D eigenvalue weighted by Crippen LogP contribution is 2.03. The molecule has 0 unspecified atom stereocenters. The first kappa shape index (κ1) is 15.9. The van der Waals surface area contributed by atoms with Crippen molar-refractivity contribution in [2.24, 2.45) is 0 Å². The number of rotatable bonds is 7. The van der Waals surface area contributed by atoms with E-state index in [1.807, 2.05) is 0 Å². The van der Waals surface area contributed by atoms with Crippen molar-refractivity contribution in [1.82, 2.24) is 0 Å². The van der Waals surface area contributed by atoms with Gasteiger partial charge in [-0.3, -0.25) is 9.59 Å². The number of halogens is 2. The van der Waals surface area contributed by atoms with E-state index in [2.05, 4.69) is 31.9 Å². The summed E-state index contributed by atoms with van der Waals surface area (Å²) < 4.78 is 9.84. The standard InChI is InChI=1S/C10H16Br2O4/c1-7(11)9(13)15-5-3-4-6-16-10(14)8(2)12/h7-8H,3-6H2,1-2H3/t7-,8-/m1/s1. The third-order valence-electron chi connectivity index (χ3n) is 1.68. The third-order valence-corrected chi connectivity index (χ3v) is 2.42. The normalized spacial score (nSPS) is 14.0. The van der Waals surface area contributed by atoms with Gasteiger partial charge in [0.2, 0.25) is 0 Å². The van der Waals surface area contributed by atoms with Crippen molar-refractivity contribution in [3.05, 3.63) is 0 Å². The zero-order chi connectivity index (χ0) is 12.6. The Hall–Kier alpha value is -0.100. The highest BCUT2D eigenvalue weighted by molar-refractivity contribution is 9.10. The van der Waals surface area contributed by atoms with Gasteiger partial charge in [-0.05, 0) is 26.7 Å². The van der Waals surface area contributed by atoms with Crippen LogP contribution in [0.3, 0.4) is 0 Å². The smallest absolute Gasteiger partial charge is 0.319 e. The monoisotopic (exact) mass is 358 g/mol. The molecule has 0 aliphatic heterocycles. The minimum atomic E-state index is -0.278. The Morgan fingerprint density at radius 1 is 0.938 bits per heavy atom. The minimum Gasteiger partial charge on any atom is -0.465 e. The summed E-state index contributed by atoms with van der Waals surface area (Å²) >= 11 is 6.22. The molecule has 0 radical (unpaired) electrons. The van der Waals surface area contributed by atoms with Crippen molar-refractivity contribution in [3.8, 4) is 0 Å². The Bertz CT molecular complexity index is 205. The maximum absolute atomic E-state index is 11.0. The number of esters is 2. The van der Waals surface area contributed by atoms with Gasteiger partial charge in [0.1, 0.15) is 9.65 Å². The molecule has 0 heterocycles. The summed E-state index contributed by atoms with van der Waals surface area (Å²) in [4.78, 5) is 21.5. The SMILES string of the molecule is C[C@@H](Br)C(=O)OCCCCOC(=O)[C@@H](C)Br. The zero-order valence-electron chi connectivity index (χ0n) is 9.37. The molecule has 2 atom stereocenters. The lowest BCUT2D eigenvalue weighted by Gasteiger charge is -2.07. The van der Waals surface area contributed by atoms with Crippen LogP contribution in [0.4, 0.5) is 0 Å². The summed E-state index contributed by atoms with van der Waals surface area (Å²) in [7, 11) is 0.